The van der Waals surface area contributed by atoms with Crippen molar-refractivity contribution in [2.45, 2.75) is 13.0 Å². The quantitative estimate of drug-likeness (QED) is 0.544. The summed E-state index contributed by atoms with van der Waals surface area (Å²) in [6.45, 7) is 5.00. The molecule has 0 unspecified atom stereocenters. The Hall–Kier alpha value is -3.21. The number of carbonyl (C=O) groups excluding carboxylic acids is 1. The maximum atomic E-state index is 12.2. The summed E-state index contributed by atoms with van der Waals surface area (Å²) in [6.07, 6.45) is 0. The molecular weight excluding hydrogens is 368 g/mol. The predicted octanol–water partition coefficient (Wildman–Crippen LogP) is 1.09. The molecule has 1 amide bonds. The predicted molar refractivity (Wildman–Crippen MR) is 109 cm³/mol. The van der Waals surface area contributed by atoms with Crippen LogP contribution in [-0.2, 0) is 9.53 Å². The Labute approximate surface area is 170 Å². The molecule has 1 saturated heterocycles. The third-order valence-corrected chi connectivity index (χ3v) is 4.80. The number of quaternary nitrogens is 1. The molecule has 2 aromatic rings. The van der Waals surface area contributed by atoms with E-state index in [1.165, 1.54) is 4.90 Å². The second-order valence-corrected chi connectivity index (χ2v) is 6.83. The first-order chi connectivity index (χ1) is 14.2. The first-order valence-electron chi connectivity index (χ1n) is 9.60. The summed E-state index contributed by atoms with van der Waals surface area (Å²) in [5.74, 6) is 0.192. The molecule has 150 valence electrons. The van der Waals surface area contributed by atoms with E-state index in [-0.39, 0.29) is 18.6 Å². The van der Waals surface area contributed by atoms with Crippen LogP contribution in [0.4, 0.5) is 0 Å². The van der Waals surface area contributed by atoms with Gasteiger partial charge >= 0.3 is 0 Å². The van der Waals surface area contributed by atoms with E-state index < -0.39 is 0 Å². The van der Waals surface area contributed by atoms with Crippen molar-refractivity contribution in [3.8, 4) is 11.8 Å². The zero-order chi connectivity index (χ0) is 20.5. The van der Waals surface area contributed by atoms with Gasteiger partial charge in [0.25, 0.3) is 5.91 Å². The van der Waals surface area contributed by atoms with Crippen LogP contribution in [0.1, 0.15) is 24.1 Å². The van der Waals surface area contributed by atoms with Crippen LogP contribution < -0.4 is 15.1 Å². The number of morpholine rings is 1. The molecule has 0 aromatic heterocycles. The Morgan fingerprint density at radius 1 is 1.21 bits per heavy atom. The summed E-state index contributed by atoms with van der Waals surface area (Å²) in [5.41, 5.74) is 5.13. The van der Waals surface area contributed by atoms with Gasteiger partial charge in [0.05, 0.1) is 30.6 Å². The van der Waals surface area contributed by atoms with Gasteiger partial charge in [0.2, 0.25) is 0 Å². The van der Waals surface area contributed by atoms with Gasteiger partial charge in [0.1, 0.15) is 18.8 Å². The molecule has 1 fully saturated rings. The third-order valence-electron chi connectivity index (χ3n) is 4.80. The molecule has 0 aliphatic carbocycles. The highest BCUT2D eigenvalue weighted by Gasteiger charge is 2.29. The monoisotopic (exact) mass is 393 g/mol. The van der Waals surface area contributed by atoms with Crippen LogP contribution in [-0.4, -0.2) is 44.5 Å². The molecule has 0 radical (unpaired) electrons. The molecule has 0 spiro atoms. The van der Waals surface area contributed by atoms with E-state index in [2.05, 4.69) is 22.7 Å². The highest BCUT2D eigenvalue weighted by molar-refractivity contribution is 5.88. The Morgan fingerprint density at radius 3 is 2.55 bits per heavy atom. The van der Waals surface area contributed by atoms with Gasteiger partial charge in [0.15, 0.2) is 12.6 Å². The van der Waals surface area contributed by atoms with Gasteiger partial charge in [-0.3, -0.25) is 4.79 Å². The molecule has 2 aromatic carbocycles. The van der Waals surface area contributed by atoms with Crippen LogP contribution in [0.5, 0.6) is 5.75 Å². The van der Waals surface area contributed by atoms with Gasteiger partial charge in [0, 0.05) is 5.56 Å². The number of carbonyl (C=O) groups is 1. The average molecular weight is 393 g/mol. The summed E-state index contributed by atoms with van der Waals surface area (Å²) in [5, 5.41) is 13.2. The van der Waals surface area contributed by atoms with Gasteiger partial charge < -0.3 is 14.4 Å². The molecule has 7 heteroatoms. The molecule has 3 rings (SSSR count). The Balaban J connectivity index is 1.61. The van der Waals surface area contributed by atoms with E-state index in [9.17, 15) is 4.79 Å². The van der Waals surface area contributed by atoms with Crippen molar-refractivity contribution in [2.24, 2.45) is 5.10 Å². The van der Waals surface area contributed by atoms with Gasteiger partial charge in [-0.2, -0.15) is 10.4 Å². The van der Waals surface area contributed by atoms with Crippen LogP contribution in [0.25, 0.3) is 0 Å². The van der Waals surface area contributed by atoms with Crippen molar-refractivity contribution in [3.05, 3.63) is 65.7 Å². The number of hydrazone groups is 1. The lowest BCUT2D eigenvalue weighted by Gasteiger charge is -2.31. The summed E-state index contributed by atoms with van der Waals surface area (Å²) < 4.78 is 10.9. The third kappa shape index (κ3) is 5.88. The second-order valence-electron chi connectivity index (χ2n) is 6.83. The Morgan fingerprint density at radius 2 is 1.90 bits per heavy atom. The van der Waals surface area contributed by atoms with Crippen LogP contribution in [0.3, 0.4) is 0 Å². The number of nitriles is 1. The number of ether oxygens (including phenoxy) is 2. The van der Waals surface area contributed by atoms with Crippen molar-refractivity contribution < 1.29 is 19.2 Å². The summed E-state index contributed by atoms with van der Waals surface area (Å²) in [4.78, 5) is 13.5. The zero-order valence-corrected chi connectivity index (χ0v) is 16.4. The molecule has 7 nitrogen and oxygen atoms in total. The molecule has 1 heterocycles. The lowest BCUT2D eigenvalue weighted by molar-refractivity contribution is -0.928. The van der Waals surface area contributed by atoms with Crippen molar-refractivity contribution in [1.82, 2.24) is 5.43 Å². The summed E-state index contributed by atoms with van der Waals surface area (Å²) >= 11 is 0. The Kier molecular flexibility index (Phi) is 7.34. The largest absolute Gasteiger partial charge is 0.484 e. The van der Waals surface area contributed by atoms with E-state index in [0.717, 1.165) is 37.6 Å². The fourth-order valence-electron chi connectivity index (χ4n) is 3.36. The van der Waals surface area contributed by atoms with Gasteiger partial charge in [-0.25, -0.2) is 5.43 Å². The van der Waals surface area contributed by atoms with Crippen molar-refractivity contribution in [1.29, 1.82) is 5.26 Å². The molecule has 2 N–H and O–H groups in total. The minimum Gasteiger partial charge on any atom is -0.484 e. The van der Waals surface area contributed by atoms with Crippen molar-refractivity contribution in [3.63, 3.8) is 0 Å². The second kappa shape index (κ2) is 10.4. The highest BCUT2D eigenvalue weighted by atomic mass is 16.5. The van der Waals surface area contributed by atoms with Gasteiger partial charge in [-0.15, -0.1) is 0 Å². The number of hydrogen-bond donors (Lipinski definition) is 2. The Bertz CT molecular complexity index is 869. The minimum atomic E-state index is -0.336. The van der Waals surface area contributed by atoms with Crippen LogP contribution in [0, 0.1) is 11.3 Å². The zero-order valence-electron chi connectivity index (χ0n) is 16.4. The topological polar surface area (TPSA) is 88.1 Å². The van der Waals surface area contributed by atoms with E-state index in [4.69, 9.17) is 14.7 Å². The highest BCUT2D eigenvalue weighted by Crippen LogP contribution is 2.13. The number of amides is 1. The van der Waals surface area contributed by atoms with E-state index in [1.54, 1.807) is 24.3 Å². The van der Waals surface area contributed by atoms with E-state index in [0.29, 0.717) is 11.3 Å². The van der Waals surface area contributed by atoms with Crippen LogP contribution >= 0.6 is 0 Å². The van der Waals surface area contributed by atoms with Gasteiger partial charge in [-0.1, -0.05) is 30.3 Å². The minimum absolute atomic E-state index is 0.0554. The SMILES string of the molecule is C/C(=N/NC(=O)COc1ccc(C#N)cc1)[C@@H](c1ccccc1)[NH+]1CCOCC1. The summed E-state index contributed by atoms with van der Waals surface area (Å²) in [6, 6.07) is 18.9. The first kappa shape index (κ1) is 20.5. The lowest BCUT2D eigenvalue weighted by Crippen LogP contribution is -3.15. The molecule has 1 aliphatic rings. The molecule has 0 bridgehead atoms. The van der Waals surface area contributed by atoms with Crippen LogP contribution in [0.15, 0.2) is 59.7 Å². The molecule has 0 saturated carbocycles. The van der Waals surface area contributed by atoms with E-state index >= 15 is 0 Å². The maximum absolute atomic E-state index is 12.2. The number of hydrogen-bond acceptors (Lipinski definition) is 5. The van der Waals surface area contributed by atoms with E-state index in [1.807, 2.05) is 31.2 Å². The number of nitrogens with one attached hydrogen (secondary N) is 2. The standard InChI is InChI=1S/C22H24N4O3/c1-17(22(19-5-3-2-4-6-19)26-11-13-28-14-12-26)24-25-21(27)16-29-20-9-7-18(15-23)8-10-20/h2-10,22H,11-14,16H2,1H3,(H,25,27)/p+1/b24-17-/t22-/m0/s1. The normalized spacial score (nSPS) is 15.9. The maximum Gasteiger partial charge on any atom is 0.277 e. The van der Waals surface area contributed by atoms with Crippen molar-refractivity contribution in [2.75, 3.05) is 32.9 Å². The number of benzene rings is 2. The lowest BCUT2D eigenvalue weighted by atomic mass is 10.0. The molecule has 29 heavy (non-hydrogen) atoms. The summed E-state index contributed by atoms with van der Waals surface area (Å²) in [7, 11) is 0. The van der Waals surface area contributed by atoms with Crippen LogP contribution in [0.2, 0.25) is 0 Å². The molecule has 1 atom stereocenters. The number of nitrogens with zero attached hydrogens (tertiary/aromatic N) is 2. The first-order valence-corrected chi connectivity index (χ1v) is 9.60. The fraction of sp³-hybridized carbons (Fsp3) is 0.318. The number of rotatable bonds is 7. The molecule has 1 aliphatic heterocycles. The molecular formula is C22H25N4O3+. The fourth-order valence-corrected chi connectivity index (χ4v) is 3.36. The van der Waals surface area contributed by atoms with Gasteiger partial charge in [-0.05, 0) is 31.2 Å². The van der Waals surface area contributed by atoms with Crippen molar-refractivity contribution >= 4 is 11.6 Å². The average Bonchev–Trinajstić information content (AvgIpc) is 2.78. The smallest absolute Gasteiger partial charge is 0.277 e.